The number of aryl methyl sites for hydroxylation is 1. The zero-order chi connectivity index (χ0) is 17.2. The van der Waals surface area contributed by atoms with Gasteiger partial charge in [0.1, 0.15) is 5.60 Å². The van der Waals surface area contributed by atoms with Crippen LogP contribution in [0.25, 0.3) is 0 Å². The first-order valence-corrected chi connectivity index (χ1v) is 7.73. The molecule has 1 aliphatic carbocycles. The van der Waals surface area contributed by atoms with Crippen molar-refractivity contribution in [1.82, 2.24) is 10.3 Å². The number of rotatable bonds is 5. The molecule has 6 nitrogen and oxygen atoms in total. The summed E-state index contributed by atoms with van der Waals surface area (Å²) in [6, 6.07) is 6.95. The molecule has 2 aromatic rings. The SMILES string of the molecule is COc1cc2c(cc1OC)C(O)(CNC(=O)c1ccncc1)CC2. The minimum Gasteiger partial charge on any atom is -0.493 e. The quantitative estimate of drug-likeness (QED) is 0.872. The number of aromatic nitrogens is 1. The number of amides is 1. The minimum absolute atomic E-state index is 0.136. The van der Waals surface area contributed by atoms with Crippen LogP contribution in [0.15, 0.2) is 36.7 Å². The van der Waals surface area contributed by atoms with Gasteiger partial charge in [0.2, 0.25) is 0 Å². The highest BCUT2D eigenvalue weighted by molar-refractivity contribution is 5.94. The van der Waals surface area contributed by atoms with Crippen molar-refractivity contribution in [3.8, 4) is 11.5 Å². The molecule has 0 saturated carbocycles. The van der Waals surface area contributed by atoms with E-state index in [2.05, 4.69) is 10.3 Å². The summed E-state index contributed by atoms with van der Waals surface area (Å²) in [5, 5.41) is 13.8. The van der Waals surface area contributed by atoms with Crippen molar-refractivity contribution in [2.75, 3.05) is 20.8 Å². The van der Waals surface area contributed by atoms with Gasteiger partial charge in [0, 0.05) is 18.0 Å². The number of carbonyl (C=O) groups is 1. The molecule has 3 rings (SSSR count). The van der Waals surface area contributed by atoms with E-state index in [1.807, 2.05) is 6.07 Å². The van der Waals surface area contributed by atoms with Gasteiger partial charge in [-0.3, -0.25) is 9.78 Å². The van der Waals surface area contributed by atoms with E-state index in [-0.39, 0.29) is 12.5 Å². The van der Waals surface area contributed by atoms with Crippen LogP contribution in [-0.2, 0) is 12.0 Å². The van der Waals surface area contributed by atoms with Gasteiger partial charge in [-0.05, 0) is 48.2 Å². The lowest BCUT2D eigenvalue weighted by Crippen LogP contribution is -2.39. The normalized spacial score (nSPS) is 18.8. The molecule has 0 aliphatic heterocycles. The van der Waals surface area contributed by atoms with E-state index in [0.717, 1.165) is 17.5 Å². The van der Waals surface area contributed by atoms with Crippen LogP contribution in [-0.4, -0.2) is 36.8 Å². The molecule has 126 valence electrons. The highest BCUT2D eigenvalue weighted by Gasteiger charge is 2.38. The largest absolute Gasteiger partial charge is 0.493 e. The maximum atomic E-state index is 12.2. The number of nitrogens with zero attached hydrogens (tertiary/aromatic N) is 1. The summed E-state index contributed by atoms with van der Waals surface area (Å²) in [6.07, 6.45) is 4.38. The van der Waals surface area contributed by atoms with Crippen molar-refractivity contribution < 1.29 is 19.4 Å². The molecule has 1 unspecified atom stereocenters. The highest BCUT2D eigenvalue weighted by atomic mass is 16.5. The number of ether oxygens (including phenoxy) is 2. The Morgan fingerprint density at radius 3 is 2.58 bits per heavy atom. The Morgan fingerprint density at radius 2 is 1.92 bits per heavy atom. The third-order valence-electron chi connectivity index (χ3n) is 4.40. The van der Waals surface area contributed by atoms with Crippen LogP contribution < -0.4 is 14.8 Å². The van der Waals surface area contributed by atoms with Gasteiger partial charge in [-0.25, -0.2) is 0 Å². The van der Waals surface area contributed by atoms with Gasteiger partial charge in [0.05, 0.1) is 20.8 Å². The Bertz CT molecular complexity index is 748. The molecule has 24 heavy (non-hydrogen) atoms. The van der Waals surface area contributed by atoms with Crippen molar-refractivity contribution in [3.05, 3.63) is 53.3 Å². The Morgan fingerprint density at radius 1 is 1.25 bits per heavy atom. The fourth-order valence-electron chi connectivity index (χ4n) is 3.05. The van der Waals surface area contributed by atoms with Crippen molar-refractivity contribution in [3.63, 3.8) is 0 Å². The van der Waals surface area contributed by atoms with E-state index in [1.165, 1.54) is 0 Å². The second-order valence-corrected chi connectivity index (χ2v) is 5.81. The fraction of sp³-hybridized carbons (Fsp3) is 0.333. The maximum Gasteiger partial charge on any atom is 0.251 e. The molecule has 0 radical (unpaired) electrons. The molecule has 0 bridgehead atoms. The molecular weight excluding hydrogens is 308 g/mol. The van der Waals surface area contributed by atoms with Gasteiger partial charge in [-0.1, -0.05) is 0 Å². The van der Waals surface area contributed by atoms with Gasteiger partial charge in [-0.2, -0.15) is 0 Å². The van der Waals surface area contributed by atoms with Crippen LogP contribution in [0.4, 0.5) is 0 Å². The number of hydrogen-bond donors (Lipinski definition) is 2. The predicted octanol–water partition coefficient (Wildman–Crippen LogP) is 1.66. The van der Waals surface area contributed by atoms with Crippen LogP contribution in [0.2, 0.25) is 0 Å². The molecular formula is C18H20N2O4. The molecule has 1 aromatic carbocycles. The summed E-state index contributed by atoms with van der Waals surface area (Å²) in [7, 11) is 3.14. The zero-order valence-electron chi connectivity index (χ0n) is 13.7. The molecule has 1 heterocycles. The third kappa shape index (κ3) is 2.92. The maximum absolute atomic E-state index is 12.2. The molecule has 1 aliphatic rings. The average molecular weight is 328 g/mol. The molecule has 6 heteroatoms. The van der Waals surface area contributed by atoms with Crippen LogP contribution in [0.5, 0.6) is 11.5 Å². The molecule has 1 atom stereocenters. The highest BCUT2D eigenvalue weighted by Crippen LogP contribution is 2.42. The second kappa shape index (κ2) is 6.49. The Labute approximate surface area is 140 Å². The molecule has 0 spiro atoms. The molecule has 0 saturated heterocycles. The first kappa shape index (κ1) is 16.3. The van der Waals surface area contributed by atoms with Gasteiger partial charge >= 0.3 is 0 Å². The fourth-order valence-corrected chi connectivity index (χ4v) is 3.05. The summed E-state index contributed by atoms with van der Waals surface area (Å²) >= 11 is 0. The minimum atomic E-state index is -1.11. The zero-order valence-corrected chi connectivity index (χ0v) is 13.7. The van der Waals surface area contributed by atoms with Crippen LogP contribution in [0.3, 0.4) is 0 Å². The number of carbonyl (C=O) groups excluding carboxylic acids is 1. The monoisotopic (exact) mass is 328 g/mol. The van der Waals surface area contributed by atoms with Crippen LogP contribution >= 0.6 is 0 Å². The first-order chi connectivity index (χ1) is 11.6. The van der Waals surface area contributed by atoms with Crippen molar-refractivity contribution in [1.29, 1.82) is 0 Å². The van der Waals surface area contributed by atoms with Gasteiger partial charge in [0.15, 0.2) is 11.5 Å². The summed E-state index contributed by atoms with van der Waals surface area (Å²) in [5.41, 5.74) is 1.18. The lowest BCUT2D eigenvalue weighted by Gasteiger charge is -2.25. The van der Waals surface area contributed by atoms with Gasteiger partial charge in [0.25, 0.3) is 5.91 Å². The van der Waals surface area contributed by atoms with E-state index in [4.69, 9.17) is 9.47 Å². The molecule has 1 aromatic heterocycles. The van der Waals surface area contributed by atoms with Crippen molar-refractivity contribution in [2.24, 2.45) is 0 Å². The number of pyridine rings is 1. The van der Waals surface area contributed by atoms with Crippen LogP contribution in [0.1, 0.15) is 27.9 Å². The lowest BCUT2D eigenvalue weighted by molar-refractivity contribution is 0.0368. The number of fused-ring (bicyclic) bond motifs is 1. The number of methoxy groups -OCH3 is 2. The predicted molar refractivity (Wildman–Crippen MR) is 88.3 cm³/mol. The Hall–Kier alpha value is -2.60. The topological polar surface area (TPSA) is 80.7 Å². The number of aliphatic hydroxyl groups is 1. The van der Waals surface area contributed by atoms with Crippen molar-refractivity contribution in [2.45, 2.75) is 18.4 Å². The summed E-state index contributed by atoms with van der Waals surface area (Å²) in [4.78, 5) is 16.1. The summed E-state index contributed by atoms with van der Waals surface area (Å²) in [5.74, 6) is 0.970. The van der Waals surface area contributed by atoms with E-state index in [1.54, 1.807) is 44.8 Å². The third-order valence-corrected chi connectivity index (χ3v) is 4.40. The Kier molecular flexibility index (Phi) is 4.40. The van der Waals surface area contributed by atoms with Gasteiger partial charge in [-0.15, -0.1) is 0 Å². The Balaban J connectivity index is 1.80. The van der Waals surface area contributed by atoms with E-state index < -0.39 is 5.60 Å². The molecule has 1 amide bonds. The number of nitrogens with one attached hydrogen (secondary N) is 1. The number of hydrogen-bond acceptors (Lipinski definition) is 5. The smallest absolute Gasteiger partial charge is 0.251 e. The first-order valence-electron chi connectivity index (χ1n) is 7.73. The second-order valence-electron chi connectivity index (χ2n) is 5.81. The average Bonchev–Trinajstić information content (AvgIpc) is 2.95. The lowest BCUT2D eigenvalue weighted by atomic mass is 9.95. The van der Waals surface area contributed by atoms with Gasteiger partial charge < -0.3 is 19.9 Å². The van der Waals surface area contributed by atoms with E-state index >= 15 is 0 Å². The standard InChI is InChI=1S/C18H20N2O4/c1-23-15-9-13-3-6-18(22,14(13)10-16(15)24-2)11-20-17(21)12-4-7-19-8-5-12/h4-5,7-10,22H,3,6,11H2,1-2H3,(H,20,21). The molecule has 2 N–H and O–H groups in total. The summed E-state index contributed by atoms with van der Waals surface area (Å²) in [6.45, 7) is 0.136. The molecule has 0 fully saturated rings. The van der Waals surface area contributed by atoms with Crippen molar-refractivity contribution >= 4 is 5.91 Å². The van der Waals surface area contributed by atoms with E-state index in [0.29, 0.717) is 23.5 Å². The summed E-state index contributed by atoms with van der Waals surface area (Å²) < 4.78 is 10.6. The number of benzene rings is 1. The van der Waals surface area contributed by atoms with Crippen LogP contribution in [0, 0.1) is 0 Å². The van der Waals surface area contributed by atoms with E-state index in [9.17, 15) is 9.90 Å².